The minimum atomic E-state index is -3.86. The maximum Gasteiger partial charge on any atom is 0.275 e. The van der Waals surface area contributed by atoms with E-state index in [1.807, 2.05) is 4.72 Å². The van der Waals surface area contributed by atoms with Crippen molar-refractivity contribution < 1.29 is 17.9 Å². The minimum Gasteiger partial charge on any atom is -0.368 e. The zero-order chi connectivity index (χ0) is 14.9. The lowest BCUT2D eigenvalue weighted by atomic mass is 10.4. The van der Waals surface area contributed by atoms with Crippen molar-refractivity contribution in [1.82, 2.24) is 9.71 Å². The predicted molar refractivity (Wildman–Crippen MR) is 75.1 cm³/mol. The Morgan fingerprint density at radius 1 is 1.50 bits per heavy atom. The van der Waals surface area contributed by atoms with Crippen molar-refractivity contribution in [3.05, 3.63) is 10.7 Å². The molecule has 0 aromatic carbocycles. The van der Waals surface area contributed by atoms with Crippen LogP contribution < -0.4 is 4.72 Å². The second kappa shape index (κ2) is 5.79. The molecule has 1 aromatic rings. The monoisotopic (exact) mass is 318 g/mol. The van der Waals surface area contributed by atoms with Crippen molar-refractivity contribution in [3.63, 3.8) is 0 Å². The van der Waals surface area contributed by atoms with Crippen molar-refractivity contribution in [3.8, 4) is 0 Å². The van der Waals surface area contributed by atoms with Crippen LogP contribution >= 0.6 is 11.3 Å². The molecule has 1 saturated carbocycles. The molecule has 2 rings (SSSR count). The van der Waals surface area contributed by atoms with Crippen LogP contribution in [0.3, 0.4) is 0 Å². The lowest BCUT2D eigenvalue weighted by Gasteiger charge is -2.12. The van der Waals surface area contributed by atoms with Gasteiger partial charge in [0.2, 0.25) is 0 Å². The van der Waals surface area contributed by atoms with Crippen molar-refractivity contribution >= 4 is 27.3 Å². The van der Waals surface area contributed by atoms with Crippen LogP contribution in [0.1, 0.15) is 30.5 Å². The molecule has 1 aliphatic rings. The summed E-state index contributed by atoms with van der Waals surface area (Å²) >= 11 is 1.05. The van der Waals surface area contributed by atoms with Gasteiger partial charge in [0, 0.05) is 0 Å². The van der Waals surface area contributed by atoms with Gasteiger partial charge in [0.15, 0.2) is 4.21 Å². The summed E-state index contributed by atoms with van der Waals surface area (Å²) in [6.45, 7) is 5.39. The van der Waals surface area contributed by atoms with E-state index in [0.29, 0.717) is 23.2 Å². The Kier molecular flexibility index (Phi) is 4.46. The van der Waals surface area contributed by atoms with Crippen molar-refractivity contribution in [2.24, 2.45) is 5.92 Å². The third-order valence-electron chi connectivity index (χ3n) is 2.99. The maximum atomic E-state index is 12.1. The lowest BCUT2D eigenvalue weighted by Crippen LogP contribution is -2.38. The number of hydrogen-bond acceptors (Lipinski definition) is 6. The van der Waals surface area contributed by atoms with E-state index in [0.717, 1.165) is 24.2 Å². The molecule has 0 bridgehead atoms. The predicted octanol–water partition coefficient (Wildman–Crippen LogP) is 1.38. The fraction of sp³-hybridized carbons (Fsp3) is 0.667. The van der Waals surface area contributed by atoms with Crippen LogP contribution in [0.2, 0.25) is 0 Å². The van der Waals surface area contributed by atoms with Gasteiger partial charge in [0.05, 0.1) is 17.3 Å². The SMILES string of the molecule is Cc1nc(C)c(S(=O)(=O)NC(=O)[C@H](C)OCC2CC2)s1. The largest absolute Gasteiger partial charge is 0.368 e. The van der Waals surface area contributed by atoms with Crippen LogP contribution in [0.5, 0.6) is 0 Å². The second-order valence-corrected chi connectivity index (χ2v) is 8.08. The molecule has 20 heavy (non-hydrogen) atoms. The molecular formula is C12H18N2O4S2. The Labute approximate surface area is 122 Å². The molecule has 0 radical (unpaired) electrons. The van der Waals surface area contributed by atoms with Gasteiger partial charge < -0.3 is 4.74 Å². The van der Waals surface area contributed by atoms with Crippen LogP contribution in [0, 0.1) is 19.8 Å². The average molecular weight is 318 g/mol. The number of sulfonamides is 1. The van der Waals surface area contributed by atoms with E-state index in [9.17, 15) is 13.2 Å². The smallest absolute Gasteiger partial charge is 0.275 e. The first-order valence-corrected chi connectivity index (χ1v) is 8.72. The van der Waals surface area contributed by atoms with Crippen molar-refractivity contribution in [2.45, 2.75) is 43.9 Å². The summed E-state index contributed by atoms with van der Waals surface area (Å²) < 4.78 is 31.7. The summed E-state index contributed by atoms with van der Waals surface area (Å²) in [6.07, 6.45) is 1.46. The summed E-state index contributed by atoms with van der Waals surface area (Å²) in [5.41, 5.74) is 0.402. The van der Waals surface area contributed by atoms with E-state index >= 15 is 0 Å². The fourth-order valence-electron chi connectivity index (χ4n) is 1.66. The summed E-state index contributed by atoms with van der Waals surface area (Å²) in [7, 11) is -3.86. The first kappa shape index (κ1) is 15.4. The van der Waals surface area contributed by atoms with Gasteiger partial charge in [-0.05, 0) is 39.5 Å². The van der Waals surface area contributed by atoms with Crippen LogP contribution in [-0.2, 0) is 19.6 Å². The summed E-state index contributed by atoms with van der Waals surface area (Å²) in [5.74, 6) is -0.121. The molecule has 8 heteroatoms. The molecule has 112 valence electrons. The molecule has 1 N–H and O–H groups in total. The number of aromatic nitrogens is 1. The number of rotatable bonds is 6. The van der Waals surface area contributed by atoms with Crippen LogP contribution in [0.4, 0.5) is 0 Å². The topological polar surface area (TPSA) is 85.4 Å². The number of aryl methyl sites for hydroxylation is 2. The first-order valence-electron chi connectivity index (χ1n) is 6.42. The number of nitrogens with one attached hydrogen (secondary N) is 1. The van der Waals surface area contributed by atoms with E-state index < -0.39 is 22.0 Å². The summed E-state index contributed by atoms with van der Waals surface area (Å²) in [4.78, 5) is 15.9. The molecule has 6 nitrogen and oxygen atoms in total. The molecule has 0 aliphatic heterocycles. The van der Waals surface area contributed by atoms with Crippen molar-refractivity contribution in [2.75, 3.05) is 6.61 Å². The molecular weight excluding hydrogens is 300 g/mol. The van der Waals surface area contributed by atoms with Crippen LogP contribution in [-0.4, -0.2) is 32.0 Å². The molecule has 1 aliphatic carbocycles. The normalized spacial score (nSPS) is 16.9. The molecule has 0 saturated heterocycles. The Bertz CT molecular complexity index is 605. The Morgan fingerprint density at radius 3 is 2.65 bits per heavy atom. The van der Waals surface area contributed by atoms with Gasteiger partial charge in [-0.25, -0.2) is 18.1 Å². The third-order valence-corrected chi connectivity index (χ3v) is 6.02. The number of amides is 1. The number of nitrogens with zero attached hydrogens (tertiary/aromatic N) is 1. The number of hydrogen-bond donors (Lipinski definition) is 1. The van der Waals surface area contributed by atoms with Gasteiger partial charge >= 0.3 is 0 Å². The molecule has 1 atom stereocenters. The summed E-state index contributed by atoms with van der Waals surface area (Å²) in [6, 6.07) is 0. The lowest BCUT2D eigenvalue weighted by molar-refractivity contribution is -0.130. The average Bonchev–Trinajstić information content (AvgIpc) is 3.10. The number of carbonyl (C=O) groups excluding carboxylic acids is 1. The molecule has 1 heterocycles. The van der Waals surface area contributed by atoms with Gasteiger partial charge in [-0.1, -0.05) is 0 Å². The molecule has 0 unspecified atom stereocenters. The highest BCUT2D eigenvalue weighted by atomic mass is 32.2. The standard InChI is InChI=1S/C12H18N2O4S2/c1-7-12(19-9(3)13-7)20(16,17)14-11(15)8(2)18-6-10-4-5-10/h8,10H,4-6H2,1-3H3,(H,14,15)/t8-/m0/s1. The molecule has 0 spiro atoms. The van der Waals surface area contributed by atoms with Gasteiger partial charge in [0.1, 0.15) is 6.10 Å². The highest BCUT2D eigenvalue weighted by molar-refractivity contribution is 7.92. The number of ether oxygens (including phenoxy) is 1. The van der Waals surface area contributed by atoms with Crippen molar-refractivity contribution in [1.29, 1.82) is 0 Å². The van der Waals surface area contributed by atoms with Crippen LogP contribution in [0.25, 0.3) is 0 Å². The fourth-order valence-corrected chi connectivity index (χ4v) is 4.19. The summed E-state index contributed by atoms with van der Waals surface area (Å²) in [5, 5.41) is 0.647. The Morgan fingerprint density at radius 2 is 2.15 bits per heavy atom. The van der Waals surface area contributed by atoms with Crippen LogP contribution in [0.15, 0.2) is 4.21 Å². The first-order chi connectivity index (χ1) is 9.29. The third kappa shape index (κ3) is 3.77. The molecule has 1 amide bonds. The van der Waals surface area contributed by atoms with E-state index in [1.54, 1.807) is 20.8 Å². The number of carbonyl (C=O) groups is 1. The zero-order valence-corrected chi connectivity index (χ0v) is 13.3. The van der Waals surface area contributed by atoms with E-state index in [4.69, 9.17) is 4.74 Å². The highest BCUT2D eigenvalue weighted by Gasteiger charge is 2.28. The zero-order valence-electron chi connectivity index (χ0n) is 11.7. The van der Waals surface area contributed by atoms with Gasteiger partial charge in [-0.2, -0.15) is 0 Å². The Hall–Kier alpha value is -0.990. The van der Waals surface area contributed by atoms with E-state index in [2.05, 4.69) is 4.98 Å². The maximum absolute atomic E-state index is 12.1. The number of thiazole rings is 1. The van der Waals surface area contributed by atoms with Gasteiger partial charge in [0.25, 0.3) is 15.9 Å². The van der Waals surface area contributed by atoms with Gasteiger partial charge in [-0.3, -0.25) is 4.79 Å². The van der Waals surface area contributed by atoms with Gasteiger partial charge in [-0.15, -0.1) is 11.3 Å². The van der Waals surface area contributed by atoms with E-state index in [-0.39, 0.29) is 4.21 Å². The molecule has 1 fully saturated rings. The quantitative estimate of drug-likeness (QED) is 0.856. The highest BCUT2D eigenvalue weighted by Crippen LogP contribution is 2.29. The second-order valence-electron chi connectivity index (χ2n) is 4.99. The molecule has 1 aromatic heterocycles. The minimum absolute atomic E-state index is 0.0812. The Balaban J connectivity index is 1.99. The van der Waals surface area contributed by atoms with E-state index in [1.165, 1.54) is 0 Å².